The van der Waals surface area contributed by atoms with Gasteiger partial charge in [-0.05, 0) is 50.6 Å². The summed E-state index contributed by atoms with van der Waals surface area (Å²) in [4.78, 5) is 27.2. The molecule has 0 radical (unpaired) electrons. The van der Waals surface area contributed by atoms with Crippen molar-refractivity contribution >= 4 is 17.6 Å². The average molecular weight is 461 g/mol. The molecule has 0 aliphatic rings. The number of rotatable bonds is 10. The molecule has 8 nitrogen and oxygen atoms in total. The Morgan fingerprint density at radius 2 is 1.79 bits per heavy atom. The van der Waals surface area contributed by atoms with Crippen molar-refractivity contribution in [2.75, 3.05) is 24.7 Å². The number of nitriles is 1. The van der Waals surface area contributed by atoms with Crippen LogP contribution >= 0.6 is 0 Å². The number of nitrogens with zero attached hydrogens (tertiary/aromatic N) is 4. The van der Waals surface area contributed by atoms with Gasteiger partial charge in [0.25, 0.3) is 5.91 Å². The van der Waals surface area contributed by atoms with Crippen molar-refractivity contribution in [2.45, 2.75) is 33.7 Å². The van der Waals surface area contributed by atoms with Crippen molar-refractivity contribution in [3.05, 3.63) is 77.1 Å². The van der Waals surface area contributed by atoms with Gasteiger partial charge in [-0.3, -0.25) is 9.48 Å². The van der Waals surface area contributed by atoms with E-state index in [1.807, 2.05) is 43.3 Å². The summed E-state index contributed by atoms with van der Waals surface area (Å²) in [5, 5.41) is 13.5. The van der Waals surface area contributed by atoms with Gasteiger partial charge in [-0.2, -0.15) is 10.4 Å². The van der Waals surface area contributed by atoms with Crippen LogP contribution in [-0.2, 0) is 16.1 Å². The van der Waals surface area contributed by atoms with Crippen LogP contribution in [0.2, 0.25) is 0 Å². The maximum atomic E-state index is 12.9. The van der Waals surface area contributed by atoms with Crippen LogP contribution in [0.5, 0.6) is 5.75 Å². The fraction of sp³-hybridized carbons (Fsp3) is 0.308. The van der Waals surface area contributed by atoms with Gasteiger partial charge in [-0.15, -0.1) is 0 Å². The number of amides is 1. The van der Waals surface area contributed by atoms with E-state index < -0.39 is 18.5 Å². The number of benzene rings is 2. The summed E-state index contributed by atoms with van der Waals surface area (Å²) >= 11 is 0. The van der Waals surface area contributed by atoms with Gasteiger partial charge in [0.05, 0.1) is 37.0 Å². The third kappa shape index (κ3) is 6.01. The number of hydrogen-bond acceptors (Lipinski definition) is 6. The van der Waals surface area contributed by atoms with Gasteiger partial charge in [0.2, 0.25) is 0 Å². The highest BCUT2D eigenvalue weighted by Gasteiger charge is 2.23. The fourth-order valence-corrected chi connectivity index (χ4v) is 3.63. The first-order valence-electron chi connectivity index (χ1n) is 11.1. The van der Waals surface area contributed by atoms with E-state index in [0.717, 1.165) is 5.56 Å². The second kappa shape index (κ2) is 11.7. The molecule has 0 aliphatic heterocycles. The SMILES string of the molecule is CCOc1ccc(N(CCC#N)C(=O)COC(=O)c2c(C)nn(Cc3ccccc3)c2C)cc1. The van der Waals surface area contributed by atoms with Crippen LogP contribution in [0.25, 0.3) is 0 Å². The Bertz CT molecular complexity index is 1160. The van der Waals surface area contributed by atoms with Crippen LogP contribution in [0.3, 0.4) is 0 Å². The molecule has 1 heterocycles. The Kier molecular flexibility index (Phi) is 8.41. The molecule has 34 heavy (non-hydrogen) atoms. The lowest BCUT2D eigenvalue weighted by Crippen LogP contribution is -2.35. The molecule has 0 fully saturated rings. The Morgan fingerprint density at radius 3 is 2.44 bits per heavy atom. The van der Waals surface area contributed by atoms with Gasteiger partial charge in [0.15, 0.2) is 6.61 Å². The predicted molar refractivity (Wildman–Crippen MR) is 128 cm³/mol. The molecule has 0 unspecified atom stereocenters. The van der Waals surface area contributed by atoms with Gasteiger partial charge >= 0.3 is 5.97 Å². The molecule has 8 heteroatoms. The number of carbonyl (C=O) groups is 2. The summed E-state index contributed by atoms with van der Waals surface area (Å²) in [6.07, 6.45) is 0.150. The lowest BCUT2D eigenvalue weighted by molar-refractivity contribution is -0.121. The third-order valence-electron chi connectivity index (χ3n) is 5.30. The molecule has 176 valence electrons. The first-order chi connectivity index (χ1) is 16.4. The molecular formula is C26H28N4O4. The summed E-state index contributed by atoms with van der Waals surface area (Å²) in [6, 6.07) is 18.9. The summed E-state index contributed by atoms with van der Waals surface area (Å²) in [5.41, 5.74) is 3.23. The molecule has 0 N–H and O–H groups in total. The maximum Gasteiger partial charge on any atom is 0.342 e. The molecule has 0 saturated heterocycles. The molecule has 2 aromatic carbocycles. The average Bonchev–Trinajstić information content (AvgIpc) is 3.12. The highest BCUT2D eigenvalue weighted by atomic mass is 16.5. The topological polar surface area (TPSA) is 97.4 Å². The highest BCUT2D eigenvalue weighted by Crippen LogP contribution is 2.21. The quantitative estimate of drug-likeness (QED) is 0.424. The van der Waals surface area contributed by atoms with Crippen molar-refractivity contribution in [3.8, 4) is 11.8 Å². The predicted octanol–water partition coefficient (Wildman–Crippen LogP) is 4.05. The number of aryl methyl sites for hydroxylation is 1. The largest absolute Gasteiger partial charge is 0.494 e. The van der Waals surface area contributed by atoms with Crippen LogP contribution in [0.4, 0.5) is 5.69 Å². The molecule has 0 bridgehead atoms. The van der Waals surface area contributed by atoms with Crippen molar-refractivity contribution < 1.29 is 19.1 Å². The van der Waals surface area contributed by atoms with Gasteiger partial charge in [0.1, 0.15) is 11.3 Å². The number of hydrogen-bond donors (Lipinski definition) is 0. The Morgan fingerprint density at radius 1 is 1.09 bits per heavy atom. The minimum atomic E-state index is -0.602. The van der Waals surface area contributed by atoms with Crippen LogP contribution in [0.15, 0.2) is 54.6 Å². The monoisotopic (exact) mass is 460 g/mol. The summed E-state index contributed by atoms with van der Waals surface area (Å²) in [6.45, 7) is 6.24. The van der Waals surface area contributed by atoms with Crippen LogP contribution in [0.1, 0.15) is 40.7 Å². The number of carbonyl (C=O) groups excluding carboxylic acids is 2. The second-order valence-electron chi connectivity index (χ2n) is 7.65. The minimum absolute atomic E-state index is 0.150. The molecule has 1 amide bonds. The standard InChI is InChI=1S/C26H28N4O4/c1-4-33-23-13-11-22(12-14-23)29(16-8-15-27)24(31)18-34-26(32)25-19(2)28-30(20(25)3)17-21-9-6-5-7-10-21/h5-7,9-14H,4,8,16-18H2,1-3H3. The lowest BCUT2D eigenvalue weighted by atomic mass is 10.2. The third-order valence-corrected chi connectivity index (χ3v) is 5.30. The van der Waals surface area contributed by atoms with Gasteiger partial charge in [0, 0.05) is 12.2 Å². The molecule has 0 atom stereocenters. The zero-order valence-electron chi connectivity index (χ0n) is 19.7. The van der Waals surface area contributed by atoms with Crippen molar-refractivity contribution in [2.24, 2.45) is 0 Å². The van der Waals surface area contributed by atoms with Gasteiger partial charge in [-0.1, -0.05) is 30.3 Å². The van der Waals surface area contributed by atoms with Crippen LogP contribution in [0, 0.1) is 25.2 Å². The molecule has 0 spiro atoms. The zero-order valence-corrected chi connectivity index (χ0v) is 19.7. The normalized spacial score (nSPS) is 10.4. The van der Waals surface area contributed by atoms with Gasteiger partial charge in [-0.25, -0.2) is 4.79 Å². The van der Waals surface area contributed by atoms with E-state index >= 15 is 0 Å². The summed E-state index contributed by atoms with van der Waals surface area (Å²) in [7, 11) is 0. The number of ether oxygens (including phenoxy) is 2. The smallest absolute Gasteiger partial charge is 0.342 e. The van der Waals surface area contributed by atoms with E-state index in [9.17, 15) is 9.59 Å². The molecule has 3 aromatic rings. The summed E-state index contributed by atoms with van der Waals surface area (Å²) in [5.74, 6) is -0.335. The van der Waals surface area contributed by atoms with Crippen LogP contribution in [-0.4, -0.2) is 41.4 Å². The van der Waals surface area contributed by atoms with E-state index in [1.54, 1.807) is 42.8 Å². The Hall–Kier alpha value is -4.12. The molecule has 3 rings (SSSR count). The summed E-state index contributed by atoms with van der Waals surface area (Å²) < 4.78 is 12.6. The number of esters is 1. The van der Waals surface area contributed by atoms with E-state index in [4.69, 9.17) is 14.7 Å². The lowest BCUT2D eigenvalue weighted by Gasteiger charge is -2.22. The minimum Gasteiger partial charge on any atom is -0.494 e. The Labute approximate surface area is 199 Å². The van der Waals surface area contributed by atoms with E-state index in [2.05, 4.69) is 5.10 Å². The zero-order chi connectivity index (χ0) is 24.5. The van der Waals surface area contributed by atoms with Gasteiger partial charge < -0.3 is 14.4 Å². The fourth-order valence-electron chi connectivity index (χ4n) is 3.63. The molecular weight excluding hydrogens is 432 g/mol. The molecule has 0 saturated carbocycles. The first kappa shape index (κ1) is 24.5. The Balaban J connectivity index is 1.69. The van der Waals surface area contributed by atoms with E-state index in [0.29, 0.717) is 41.5 Å². The van der Waals surface area contributed by atoms with Crippen molar-refractivity contribution in [1.29, 1.82) is 5.26 Å². The highest BCUT2D eigenvalue weighted by molar-refractivity contribution is 5.97. The van der Waals surface area contributed by atoms with E-state index in [1.165, 1.54) is 4.90 Å². The van der Waals surface area contributed by atoms with E-state index in [-0.39, 0.29) is 13.0 Å². The molecule has 0 aliphatic carbocycles. The first-order valence-corrected chi connectivity index (χ1v) is 11.1. The number of aromatic nitrogens is 2. The molecule has 1 aromatic heterocycles. The maximum absolute atomic E-state index is 12.9. The second-order valence-corrected chi connectivity index (χ2v) is 7.65. The van der Waals surface area contributed by atoms with Crippen LogP contribution < -0.4 is 9.64 Å². The van der Waals surface area contributed by atoms with Crippen molar-refractivity contribution in [3.63, 3.8) is 0 Å². The van der Waals surface area contributed by atoms with Crippen molar-refractivity contribution in [1.82, 2.24) is 9.78 Å². The number of anilines is 1.